The van der Waals surface area contributed by atoms with E-state index in [0.717, 1.165) is 28.2 Å². The Morgan fingerprint density at radius 3 is 2.88 bits per heavy atom. The molecule has 0 fully saturated rings. The zero-order valence-corrected chi connectivity index (χ0v) is 9.59. The third-order valence-electron chi connectivity index (χ3n) is 3.00. The first-order valence-electron chi connectivity index (χ1n) is 5.54. The number of pyridine rings is 1. The monoisotopic (exact) mass is 223 g/mol. The summed E-state index contributed by atoms with van der Waals surface area (Å²) in [4.78, 5) is 4.28. The maximum absolute atomic E-state index is 5.95. The summed E-state index contributed by atoms with van der Waals surface area (Å²) in [5.41, 5.74) is 11.0. The molecule has 0 bridgehead atoms. The van der Waals surface area contributed by atoms with Gasteiger partial charge in [0.05, 0.1) is 5.69 Å². The summed E-state index contributed by atoms with van der Waals surface area (Å²) in [6.45, 7) is 2.01. The second-order valence-corrected chi connectivity index (χ2v) is 4.14. The molecule has 0 aliphatic carbocycles. The molecule has 3 aromatic rings. The summed E-state index contributed by atoms with van der Waals surface area (Å²) in [6, 6.07) is 12.2. The van der Waals surface area contributed by atoms with Crippen LogP contribution in [0.5, 0.6) is 0 Å². The van der Waals surface area contributed by atoms with E-state index in [2.05, 4.69) is 21.5 Å². The lowest BCUT2D eigenvalue weighted by molar-refractivity contribution is 1.19. The van der Waals surface area contributed by atoms with Gasteiger partial charge in [0, 0.05) is 23.6 Å². The number of anilines is 1. The minimum atomic E-state index is 0.819. The highest BCUT2D eigenvalue weighted by molar-refractivity contribution is 5.68. The zero-order chi connectivity index (χ0) is 11.8. The van der Waals surface area contributed by atoms with Crippen molar-refractivity contribution in [2.24, 2.45) is 0 Å². The topological polar surface area (TPSA) is 43.3 Å². The van der Waals surface area contributed by atoms with E-state index in [4.69, 9.17) is 5.73 Å². The van der Waals surface area contributed by atoms with E-state index in [0.29, 0.717) is 0 Å². The minimum absolute atomic E-state index is 0.819. The molecule has 0 unspecified atom stereocenters. The Morgan fingerprint density at radius 2 is 2.06 bits per heavy atom. The molecule has 0 radical (unpaired) electrons. The summed E-state index contributed by atoms with van der Waals surface area (Å²) >= 11 is 0. The van der Waals surface area contributed by atoms with Crippen molar-refractivity contribution < 1.29 is 0 Å². The van der Waals surface area contributed by atoms with Crippen LogP contribution in [0.1, 0.15) is 5.56 Å². The molecule has 0 saturated carbocycles. The molecule has 3 rings (SSSR count). The lowest BCUT2D eigenvalue weighted by Gasteiger charge is -2.07. The Labute approximate surface area is 99.5 Å². The molecule has 0 saturated heterocycles. The van der Waals surface area contributed by atoms with Crippen LogP contribution in [-0.2, 0) is 0 Å². The van der Waals surface area contributed by atoms with Crippen LogP contribution in [0.4, 0.5) is 5.69 Å². The summed E-state index contributed by atoms with van der Waals surface area (Å²) in [6.07, 6.45) is 3.76. The summed E-state index contributed by atoms with van der Waals surface area (Å²) < 4.78 is 2.06. The van der Waals surface area contributed by atoms with E-state index in [1.165, 1.54) is 0 Å². The quantitative estimate of drug-likeness (QED) is 0.644. The van der Waals surface area contributed by atoms with Gasteiger partial charge in [-0.3, -0.25) is 4.40 Å². The summed E-state index contributed by atoms with van der Waals surface area (Å²) in [5, 5.41) is 0. The van der Waals surface area contributed by atoms with Crippen LogP contribution in [0, 0.1) is 6.92 Å². The van der Waals surface area contributed by atoms with Gasteiger partial charge in [0.2, 0.25) is 0 Å². The lowest BCUT2D eigenvalue weighted by atomic mass is 10.1. The van der Waals surface area contributed by atoms with Crippen molar-refractivity contribution in [1.29, 1.82) is 0 Å². The molecule has 0 atom stereocenters. The molecule has 0 aliphatic heterocycles. The Balaban J connectivity index is 2.26. The van der Waals surface area contributed by atoms with Gasteiger partial charge >= 0.3 is 0 Å². The van der Waals surface area contributed by atoms with Crippen LogP contribution in [0.15, 0.2) is 48.8 Å². The van der Waals surface area contributed by atoms with Crippen LogP contribution in [0.2, 0.25) is 0 Å². The highest BCUT2D eigenvalue weighted by Gasteiger charge is 2.04. The van der Waals surface area contributed by atoms with Crippen molar-refractivity contribution in [3.63, 3.8) is 0 Å². The number of imidazole rings is 1. The fourth-order valence-electron chi connectivity index (χ4n) is 1.98. The van der Waals surface area contributed by atoms with Gasteiger partial charge in [0.15, 0.2) is 0 Å². The standard InChI is InChI=1S/C14H13N3/c1-10-5-6-11(9-12(10)15)13-3-2-4-14-16-7-8-17(13)14/h2-9H,15H2,1H3. The van der Waals surface area contributed by atoms with Crippen LogP contribution in [0.25, 0.3) is 16.9 Å². The van der Waals surface area contributed by atoms with Gasteiger partial charge in [-0.2, -0.15) is 0 Å². The zero-order valence-electron chi connectivity index (χ0n) is 9.59. The fourth-order valence-corrected chi connectivity index (χ4v) is 1.98. The maximum Gasteiger partial charge on any atom is 0.137 e. The first-order chi connectivity index (χ1) is 8.25. The number of nitrogen functional groups attached to an aromatic ring is 1. The van der Waals surface area contributed by atoms with Crippen LogP contribution < -0.4 is 5.73 Å². The van der Waals surface area contributed by atoms with Gasteiger partial charge in [-0.25, -0.2) is 4.98 Å². The predicted molar refractivity (Wildman–Crippen MR) is 69.8 cm³/mol. The number of nitrogens with zero attached hydrogens (tertiary/aromatic N) is 2. The molecule has 2 heterocycles. The third kappa shape index (κ3) is 1.56. The molecule has 0 amide bonds. The number of fused-ring (bicyclic) bond motifs is 1. The highest BCUT2D eigenvalue weighted by atomic mass is 15.0. The van der Waals surface area contributed by atoms with Crippen molar-refractivity contribution in [3.8, 4) is 11.3 Å². The molecule has 17 heavy (non-hydrogen) atoms. The third-order valence-corrected chi connectivity index (χ3v) is 3.00. The normalized spacial score (nSPS) is 10.9. The van der Waals surface area contributed by atoms with Gasteiger partial charge in [-0.05, 0) is 30.7 Å². The average molecular weight is 223 g/mol. The number of nitrogens with two attached hydrogens (primary N) is 1. The Bertz CT molecular complexity index is 683. The van der Waals surface area contributed by atoms with Crippen LogP contribution >= 0.6 is 0 Å². The van der Waals surface area contributed by atoms with E-state index in [1.54, 1.807) is 6.20 Å². The minimum Gasteiger partial charge on any atom is -0.398 e. The number of hydrogen-bond donors (Lipinski definition) is 1. The van der Waals surface area contributed by atoms with Gasteiger partial charge in [0.1, 0.15) is 5.65 Å². The molecule has 0 aliphatic rings. The molecular weight excluding hydrogens is 210 g/mol. The molecule has 3 heteroatoms. The molecule has 0 spiro atoms. The second kappa shape index (κ2) is 3.63. The molecule has 2 N–H and O–H groups in total. The van der Waals surface area contributed by atoms with E-state index >= 15 is 0 Å². The number of aryl methyl sites for hydroxylation is 1. The van der Waals surface area contributed by atoms with E-state index in [9.17, 15) is 0 Å². The van der Waals surface area contributed by atoms with E-state index in [-0.39, 0.29) is 0 Å². The van der Waals surface area contributed by atoms with Crippen LogP contribution in [0.3, 0.4) is 0 Å². The van der Waals surface area contributed by atoms with Gasteiger partial charge in [-0.1, -0.05) is 18.2 Å². The largest absolute Gasteiger partial charge is 0.398 e. The number of hydrogen-bond acceptors (Lipinski definition) is 2. The summed E-state index contributed by atoms with van der Waals surface area (Å²) in [7, 11) is 0. The number of rotatable bonds is 1. The van der Waals surface area contributed by atoms with Crippen molar-refractivity contribution in [3.05, 3.63) is 54.4 Å². The smallest absolute Gasteiger partial charge is 0.137 e. The van der Waals surface area contributed by atoms with E-state index in [1.807, 2.05) is 37.4 Å². The first-order valence-corrected chi connectivity index (χ1v) is 5.54. The average Bonchev–Trinajstić information content (AvgIpc) is 2.80. The van der Waals surface area contributed by atoms with Gasteiger partial charge in [0.25, 0.3) is 0 Å². The molecule has 1 aromatic carbocycles. The Kier molecular flexibility index (Phi) is 2.11. The SMILES string of the molecule is Cc1ccc(-c2cccc3nccn23)cc1N. The fraction of sp³-hybridized carbons (Fsp3) is 0.0714. The first kappa shape index (κ1) is 9.90. The van der Waals surface area contributed by atoms with Crippen LogP contribution in [-0.4, -0.2) is 9.38 Å². The van der Waals surface area contributed by atoms with Crippen molar-refractivity contribution in [2.45, 2.75) is 6.92 Å². The van der Waals surface area contributed by atoms with Crippen molar-refractivity contribution in [2.75, 3.05) is 5.73 Å². The van der Waals surface area contributed by atoms with Gasteiger partial charge in [-0.15, -0.1) is 0 Å². The Hall–Kier alpha value is -2.29. The molecule has 2 aromatic heterocycles. The molecule has 84 valence electrons. The highest BCUT2D eigenvalue weighted by Crippen LogP contribution is 2.24. The predicted octanol–water partition coefficient (Wildman–Crippen LogP) is 2.89. The van der Waals surface area contributed by atoms with E-state index < -0.39 is 0 Å². The maximum atomic E-state index is 5.95. The Morgan fingerprint density at radius 1 is 1.18 bits per heavy atom. The number of aromatic nitrogens is 2. The summed E-state index contributed by atoms with van der Waals surface area (Å²) in [5.74, 6) is 0. The van der Waals surface area contributed by atoms with Crippen molar-refractivity contribution in [1.82, 2.24) is 9.38 Å². The number of benzene rings is 1. The molecule has 3 nitrogen and oxygen atoms in total. The lowest BCUT2D eigenvalue weighted by Crippen LogP contribution is -1.93. The second-order valence-electron chi connectivity index (χ2n) is 4.14. The molecular formula is C14H13N3. The van der Waals surface area contributed by atoms with Crippen molar-refractivity contribution >= 4 is 11.3 Å². The van der Waals surface area contributed by atoms with Gasteiger partial charge < -0.3 is 5.73 Å².